The van der Waals surface area contributed by atoms with Gasteiger partial charge in [0.15, 0.2) is 5.03 Å². The summed E-state index contributed by atoms with van der Waals surface area (Å²) in [5.41, 5.74) is 1.30. The van der Waals surface area contributed by atoms with E-state index in [0.717, 1.165) is 5.56 Å². The molecule has 0 aliphatic carbocycles. The SMILES string of the molecule is CC(c1ccc(Cl)cc1)N(C)S(=O)(=O)c1[nH]ncc1CCl. The van der Waals surface area contributed by atoms with E-state index in [-0.39, 0.29) is 16.9 Å². The Bertz CT molecular complexity index is 713. The normalized spacial score (nSPS) is 13.6. The van der Waals surface area contributed by atoms with Crippen LogP contribution in [0, 0.1) is 0 Å². The van der Waals surface area contributed by atoms with Gasteiger partial charge < -0.3 is 0 Å². The minimum absolute atomic E-state index is 0.0285. The molecule has 0 saturated heterocycles. The summed E-state index contributed by atoms with van der Waals surface area (Å²) in [5, 5.41) is 6.90. The van der Waals surface area contributed by atoms with Crippen LogP contribution >= 0.6 is 23.2 Å². The summed E-state index contributed by atoms with van der Waals surface area (Å²) >= 11 is 11.6. The summed E-state index contributed by atoms with van der Waals surface area (Å²) in [6.07, 6.45) is 1.42. The summed E-state index contributed by atoms with van der Waals surface area (Å²) in [4.78, 5) is 0. The Kier molecular flexibility index (Phi) is 4.93. The molecule has 21 heavy (non-hydrogen) atoms. The van der Waals surface area contributed by atoms with Crippen LogP contribution < -0.4 is 0 Å². The summed E-state index contributed by atoms with van der Waals surface area (Å²) in [5.74, 6) is 0.0776. The Labute approximate surface area is 133 Å². The fourth-order valence-corrected chi connectivity index (χ4v) is 3.78. The van der Waals surface area contributed by atoms with Crippen molar-refractivity contribution in [2.24, 2.45) is 0 Å². The lowest BCUT2D eigenvalue weighted by atomic mass is 10.1. The van der Waals surface area contributed by atoms with E-state index in [0.29, 0.717) is 10.6 Å². The Morgan fingerprint density at radius 3 is 2.52 bits per heavy atom. The molecule has 1 aromatic carbocycles. The standard InChI is InChI=1S/C13H15Cl2N3O2S/c1-9(10-3-5-12(15)6-4-10)18(2)21(19,20)13-11(7-14)8-16-17-13/h3-6,8-9H,7H2,1-2H3,(H,16,17). The molecule has 5 nitrogen and oxygen atoms in total. The van der Waals surface area contributed by atoms with Crippen molar-refractivity contribution in [2.45, 2.75) is 23.9 Å². The van der Waals surface area contributed by atoms with Crippen LogP contribution in [0.4, 0.5) is 0 Å². The Balaban J connectivity index is 2.34. The van der Waals surface area contributed by atoms with E-state index in [4.69, 9.17) is 23.2 Å². The fourth-order valence-electron chi connectivity index (χ4n) is 1.92. The average Bonchev–Trinajstić information content (AvgIpc) is 2.95. The first-order valence-corrected chi connectivity index (χ1v) is 8.55. The van der Waals surface area contributed by atoms with E-state index in [1.165, 1.54) is 17.5 Å². The van der Waals surface area contributed by atoms with E-state index < -0.39 is 10.0 Å². The molecule has 1 N–H and O–H groups in total. The number of nitrogens with zero attached hydrogens (tertiary/aromatic N) is 2. The highest BCUT2D eigenvalue weighted by Gasteiger charge is 2.29. The molecule has 114 valence electrons. The number of hydrogen-bond donors (Lipinski definition) is 1. The van der Waals surface area contributed by atoms with Gasteiger partial charge in [0.1, 0.15) is 0 Å². The lowest BCUT2D eigenvalue weighted by Gasteiger charge is -2.24. The highest BCUT2D eigenvalue weighted by atomic mass is 35.5. The van der Waals surface area contributed by atoms with Crippen LogP contribution in [0.3, 0.4) is 0 Å². The van der Waals surface area contributed by atoms with Crippen LogP contribution in [0.2, 0.25) is 5.02 Å². The van der Waals surface area contributed by atoms with Gasteiger partial charge in [-0.2, -0.15) is 9.40 Å². The number of aromatic nitrogens is 2. The number of hydrogen-bond acceptors (Lipinski definition) is 3. The van der Waals surface area contributed by atoms with Crippen LogP contribution in [-0.4, -0.2) is 30.0 Å². The molecule has 2 rings (SSSR count). The van der Waals surface area contributed by atoms with Crippen molar-refractivity contribution in [1.82, 2.24) is 14.5 Å². The molecule has 8 heteroatoms. The monoisotopic (exact) mass is 347 g/mol. The minimum Gasteiger partial charge on any atom is -0.266 e. The second-order valence-electron chi connectivity index (χ2n) is 4.61. The summed E-state index contributed by atoms with van der Waals surface area (Å²) in [6.45, 7) is 1.80. The minimum atomic E-state index is -3.70. The highest BCUT2D eigenvalue weighted by Crippen LogP contribution is 2.27. The third-order valence-corrected chi connectivity index (χ3v) is 5.84. The lowest BCUT2D eigenvalue weighted by molar-refractivity contribution is 0.396. The summed E-state index contributed by atoms with van der Waals surface area (Å²) in [6, 6.07) is 6.71. The van der Waals surface area contributed by atoms with Gasteiger partial charge >= 0.3 is 0 Å². The molecule has 0 saturated carbocycles. The first-order valence-electron chi connectivity index (χ1n) is 6.19. The molecule has 0 aliphatic rings. The topological polar surface area (TPSA) is 66.1 Å². The number of H-pyrrole nitrogens is 1. The molecular weight excluding hydrogens is 333 g/mol. The van der Waals surface area contributed by atoms with E-state index in [1.807, 2.05) is 0 Å². The van der Waals surface area contributed by atoms with Gasteiger partial charge in [0, 0.05) is 23.7 Å². The van der Waals surface area contributed by atoms with Crippen molar-refractivity contribution in [2.75, 3.05) is 7.05 Å². The third kappa shape index (κ3) is 3.23. The Hall–Kier alpha value is -1.08. The predicted molar refractivity (Wildman–Crippen MR) is 83.0 cm³/mol. The van der Waals surface area contributed by atoms with Crippen LogP contribution in [0.1, 0.15) is 24.1 Å². The molecule has 0 spiro atoms. The molecule has 1 aromatic heterocycles. The zero-order valence-electron chi connectivity index (χ0n) is 11.5. The van der Waals surface area contributed by atoms with Gasteiger partial charge in [-0.05, 0) is 24.6 Å². The van der Waals surface area contributed by atoms with Gasteiger partial charge in [0.2, 0.25) is 0 Å². The second kappa shape index (κ2) is 6.36. The van der Waals surface area contributed by atoms with E-state index in [9.17, 15) is 8.42 Å². The number of nitrogens with one attached hydrogen (secondary N) is 1. The molecule has 0 fully saturated rings. The van der Waals surface area contributed by atoms with Crippen LogP contribution in [-0.2, 0) is 15.9 Å². The molecule has 1 unspecified atom stereocenters. The smallest absolute Gasteiger partial charge is 0.260 e. The zero-order valence-corrected chi connectivity index (χ0v) is 13.9. The molecule has 1 heterocycles. The largest absolute Gasteiger partial charge is 0.266 e. The summed E-state index contributed by atoms with van der Waals surface area (Å²) in [7, 11) is -2.18. The number of alkyl halides is 1. The second-order valence-corrected chi connectivity index (χ2v) is 7.24. The number of aromatic amines is 1. The van der Waals surface area contributed by atoms with Crippen molar-refractivity contribution in [1.29, 1.82) is 0 Å². The van der Waals surface area contributed by atoms with Crippen molar-refractivity contribution < 1.29 is 8.42 Å². The molecular formula is C13H15Cl2N3O2S. The van der Waals surface area contributed by atoms with Crippen LogP contribution in [0.25, 0.3) is 0 Å². The van der Waals surface area contributed by atoms with Crippen molar-refractivity contribution in [3.63, 3.8) is 0 Å². The highest BCUT2D eigenvalue weighted by molar-refractivity contribution is 7.89. The Morgan fingerprint density at radius 2 is 1.95 bits per heavy atom. The fraction of sp³-hybridized carbons (Fsp3) is 0.308. The maximum Gasteiger partial charge on any atom is 0.260 e. The van der Waals surface area contributed by atoms with E-state index in [2.05, 4.69) is 10.2 Å². The van der Waals surface area contributed by atoms with Gasteiger partial charge in [-0.15, -0.1) is 11.6 Å². The molecule has 0 bridgehead atoms. The van der Waals surface area contributed by atoms with Gasteiger partial charge in [-0.3, -0.25) is 5.10 Å². The van der Waals surface area contributed by atoms with Gasteiger partial charge in [0.05, 0.1) is 12.1 Å². The first-order chi connectivity index (χ1) is 9.87. The number of sulfonamides is 1. The number of benzene rings is 1. The van der Waals surface area contributed by atoms with Gasteiger partial charge in [-0.1, -0.05) is 23.7 Å². The van der Waals surface area contributed by atoms with Crippen LogP contribution in [0.15, 0.2) is 35.5 Å². The predicted octanol–water partition coefficient (Wildman–Crippen LogP) is 3.18. The van der Waals surface area contributed by atoms with Crippen molar-refractivity contribution >= 4 is 33.2 Å². The molecule has 0 radical (unpaired) electrons. The van der Waals surface area contributed by atoms with E-state index >= 15 is 0 Å². The summed E-state index contributed by atoms with van der Waals surface area (Å²) < 4.78 is 26.5. The van der Waals surface area contributed by atoms with Gasteiger partial charge in [0.25, 0.3) is 10.0 Å². The first kappa shape index (κ1) is 16.3. The molecule has 1 atom stereocenters. The van der Waals surface area contributed by atoms with Crippen LogP contribution in [0.5, 0.6) is 0 Å². The molecule has 2 aromatic rings. The van der Waals surface area contributed by atoms with E-state index in [1.54, 1.807) is 31.2 Å². The molecule has 0 aliphatic heterocycles. The maximum atomic E-state index is 12.6. The number of halogens is 2. The molecule has 0 amide bonds. The van der Waals surface area contributed by atoms with Crippen molar-refractivity contribution in [3.8, 4) is 0 Å². The maximum absolute atomic E-state index is 12.6. The number of rotatable bonds is 5. The third-order valence-electron chi connectivity index (χ3n) is 3.36. The Morgan fingerprint density at radius 1 is 1.33 bits per heavy atom. The zero-order chi connectivity index (χ0) is 15.6. The quantitative estimate of drug-likeness (QED) is 0.844. The average molecular weight is 348 g/mol. The van der Waals surface area contributed by atoms with Crippen molar-refractivity contribution in [3.05, 3.63) is 46.6 Å². The van der Waals surface area contributed by atoms with Gasteiger partial charge in [-0.25, -0.2) is 8.42 Å². The lowest BCUT2D eigenvalue weighted by Crippen LogP contribution is -2.30.